The molecule has 22 heavy (non-hydrogen) atoms. The van der Waals surface area contributed by atoms with E-state index in [0.29, 0.717) is 31.1 Å². The van der Waals surface area contributed by atoms with Crippen LogP contribution in [0, 0.1) is 0 Å². The summed E-state index contributed by atoms with van der Waals surface area (Å²) < 4.78 is 10.4. The third-order valence-corrected chi connectivity index (χ3v) is 3.41. The standard InChI is InChI=1S/C14H18ClN3O4/c1-2-21-13(20)4-3-12(19)18-6-5-11(9-18)22-14-16-7-10(15)8-17-14/h7-8,11H,2-6,9H2,1H3/t11-/m0/s1. The first-order chi connectivity index (χ1) is 10.6. The lowest BCUT2D eigenvalue weighted by atomic mass is 10.3. The Balaban J connectivity index is 1.76. The van der Waals surface area contributed by atoms with Gasteiger partial charge in [-0.15, -0.1) is 0 Å². The Labute approximate surface area is 133 Å². The Morgan fingerprint density at radius 3 is 2.77 bits per heavy atom. The summed E-state index contributed by atoms with van der Waals surface area (Å²) in [5, 5.41) is 0.439. The van der Waals surface area contributed by atoms with Gasteiger partial charge in [0.15, 0.2) is 0 Å². The number of hydrogen-bond donors (Lipinski definition) is 0. The van der Waals surface area contributed by atoms with Gasteiger partial charge in [0.2, 0.25) is 5.91 Å². The van der Waals surface area contributed by atoms with Crippen LogP contribution in [-0.4, -0.2) is 52.5 Å². The number of likely N-dealkylation sites (tertiary alicyclic amines) is 1. The number of amides is 1. The molecule has 0 N–H and O–H groups in total. The lowest BCUT2D eigenvalue weighted by molar-refractivity contribution is -0.145. The number of nitrogens with zero attached hydrogens (tertiary/aromatic N) is 3. The molecule has 0 bridgehead atoms. The molecular weight excluding hydrogens is 310 g/mol. The molecule has 2 rings (SSSR count). The Hall–Kier alpha value is -1.89. The average Bonchev–Trinajstić information content (AvgIpc) is 2.96. The van der Waals surface area contributed by atoms with Gasteiger partial charge in [-0.25, -0.2) is 9.97 Å². The summed E-state index contributed by atoms with van der Waals surface area (Å²) in [6.45, 7) is 3.13. The van der Waals surface area contributed by atoms with Gasteiger partial charge in [0, 0.05) is 19.4 Å². The number of ether oxygens (including phenoxy) is 2. The normalized spacial score (nSPS) is 17.4. The minimum Gasteiger partial charge on any atom is -0.466 e. The van der Waals surface area contributed by atoms with E-state index < -0.39 is 0 Å². The van der Waals surface area contributed by atoms with Crippen molar-refractivity contribution in [1.29, 1.82) is 0 Å². The minimum atomic E-state index is -0.350. The van der Waals surface area contributed by atoms with Crippen molar-refractivity contribution in [1.82, 2.24) is 14.9 Å². The van der Waals surface area contributed by atoms with E-state index in [0.717, 1.165) is 0 Å². The van der Waals surface area contributed by atoms with E-state index in [1.807, 2.05) is 0 Å². The van der Waals surface area contributed by atoms with Gasteiger partial charge in [0.1, 0.15) is 6.10 Å². The van der Waals surface area contributed by atoms with E-state index in [-0.39, 0.29) is 36.8 Å². The maximum Gasteiger partial charge on any atom is 0.316 e. The van der Waals surface area contributed by atoms with Crippen LogP contribution >= 0.6 is 11.6 Å². The van der Waals surface area contributed by atoms with Crippen molar-refractivity contribution in [3.05, 3.63) is 17.4 Å². The maximum atomic E-state index is 12.0. The second-order valence-electron chi connectivity index (χ2n) is 4.86. The minimum absolute atomic E-state index is 0.0730. The Morgan fingerprint density at radius 2 is 2.09 bits per heavy atom. The summed E-state index contributed by atoms with van der Waals surface area (Å²) in [6, 6.07) is 0.246. The number of rotatable bonds is 6. The van der Waals surface area contributed by atoms with E-state index in [1.165, 1.54) is 12.4 Å². The van der Waals surface area contributed by atoms with Crippen LogP contribution in [0.25, 0.3) is 0 Å². The molecule has 1 amide bonds. The third kappa shape index (κ3) is 4.84. The first kappa shape index (κ1) is 16.5. The van der Waals surface area contributed by atoms with Gasteiger partial charge in [-0.05, 0) is 6.92 Å². The van der Waals surface area contributed by atoms with Crippen LogP contribution in [0.2, 0.25) is 5.02 Å². The predicted octanol–water partition coefficient (Wildman–Crippen LogP) is 1.45. The van der Waals surface area contributed by atoms with Crippen molar-refractivity contribution in [2.75, 3.05) is 19.7 Å². The zero-order valence-corrected chi connectivity index (χ0v) is 13.1. The Bertz CT molecular complexity index is 523. The van der Waals surface area contributed by atoms with Crippen LogP contribution < -0.4 is 4.74 Å². The largest absolute Gasteiger partial charge is 0.466 e. The van der Waals surface area contributed by atoms with Gasteiger partial charge in [-0.2, -0.15) is 0 Å². The topological polar surface area (TPSA) is 81.6 Å². The van der Waals surface area contributed by atoms with Crippen molar-refractivity contribution in [2.45, 2.75) is 32.3 Å². The number of esters is 1. The molecule has 0 radical (unpaired) electrons. The number of halogens is 1. The monoisotopic (exact) mass is 327 g/mol. The van der Waals surface area contributed by atoms with E-state index in [2.05, 4.69) is 9.97 Å². The van der Waals surface area contributed by atoms with E-state index in [4.69, 9.17) is 21.1 Å². The Kier molecular flexibility index (Phi) is 5.94. The molecule has 1 aromatic rings. The number of carbonyl (C=O) groups is 2. The highest BCUT2D eigenvalue weighted by molar-refractivity contribution is 6.30. The number of carbonyl (C=O) groups excluding carboxylic acids is 2. The zero-order valence-electron chi connectivity index (χ0n) is 12.3. The molecule has 7 nitrogen and oxygen atoms in total. The van der Waals surface area contributed by atoms with Crippen LogP contribution in [0.3, 0.4) is 0 Å². The molecule has 0 saturated carbocycles. The molecule has 1 fully saturated rings. The van der Waals surface area contributed by atoms with Crippen molar-refractivity contribution < 1.29 is 19.1 Å². The highest BCUT2D eigenvalue weighted by Gasteiger charge is 2.28. The quantitative estimate of drug-likeness (QED) is 0.736. The van der Waals surface area contributed by atoms with E-state index in [1.54, 1.807) is 11.8 Å². The first-order valence-electron chi connectivity index (χ1n) is 7.16. The maximum absolute atomic E-state index is 12.0. The van der Waals surface area contributed by atoms with Crippen LogP contribution in [-0.2, 0) is 14.3 Å². The van der Waals surface area contributed by atoms with Crippen LogP contribution in [0.1, 0.15) is 26.2 Å². The average molecular weight is 328 g/mol. The Morgan fingerprint density at radius 1 is 1.36 bits per heavy atom. The molecule has 0 unspecified atom stereocenters. The summed E-state index contributed by atoms with van der Waals surface area (Å²) in [5.41, 5.74) is 0. The first-order valence-corrected chi connectivity index (χ1v) is 7.54. The lowest BCUT2D eigenvalue weighted by Crippen LogP contribution is -2.31. The van der Waals surface area contributed by atoms with Gasteiger partial charge in [-0.1, -0.05) is 11.6 Å². The molecular formula is C14H18ClN3O4. The second kappa shape index (κ2) is 7.93. The zero-order chi connectivity index (χ0) is 15.9. The predicted molar refractivity (Wildman–Crippen MR) is 78.5 cm³/mol. The highest BCUT2D eigenvalue weighted by Crippen LogP contribution is 2.17. The molecule has 1 saturated heterocycles. The summed E-state index contributed by atoms with van der Waals surface area (Å²) in [5.74, 6) is -0.423. The number of hydrogen-bond acceptors (Lipinski definition) is 6. The smallest absolute Gasteiger partial charge is 0.316 e. The summed E-state index contributed by atoms with van der Waals surface area (Å²) in [7, 11) is 0. The highest BCUT2D eigenvalue weighted by atomic mass is 35.5. The van der Waals surface area contributed by atoms with Gasteiger partial charge in [0.05, 0.1) is 37.0 Å². The van der Waals surface area contributed by atoms with Gasteiger partial charge < -0.3 is 14.4 Å². The molecule has 1 aliphatic heterocycles. The summed E-state index contributed by atoms with van der Waals surface area (Å²) >= 11 is 5.70. The lowest BCUT2D eigenvalue weighted by Gasteiger charge is -2.16. The number of aromatic nitrogens is 2. The van der Waals surface area contributed by atoms with Crippen molar-refractivity contribution >= 4 is 23.5 Å². The SMILES string of the molecule is CCOC(=O)CCC(=O)N1CC[C@H](Oc2ncc(Cl)cn2)C1. The fourth-order valence-corrected chi connectivity index (χ4v) is 2.26. The molecule has 120 valence electrons. The molecule has 1 aromatic heterocycles. The molecule has 0 aromatic carbocycles. The van der Waals surface area contributed by atoms with Gasteiger partial charge in [0.25, 0.3) is 0 Å². The molecule has 0 aliphatic carbocycles. The molecule has 8 heteroatoms. The summed E-state index contributed by atoms with van der Waals surface area (Å²) in [6.07, 6.45) is 3.74. The van der Waals surface area contributed by atoms with E-state index in [9.17, 15) is 9.59 Å². The van der Waals surface area contributed by atoms with Gasteiger partial charge in [-0.3, -0.25) is 9.59 Å². The third-order valence-electron chi connectivity index (χ3n) is 3.21. The van der Waals surface area contributed by atoms with Crippen molar-refractivity contribution in [2.24, 2.45) is 0 Å². The molecule has 1 atom stereocenters. The summed E-state index contributed by atoms with van der Waals surface area (Å²) in [4.78, 5) is 32.9. The van der Waals surface area contributed by atoms with Crippen LogP contribution in [0.5, 0.6) is 6.01 Å². The van der Waals surface area contributed by atoms with Gasteiger partial charge >= 0.3 is 12.0 Å². The van der Waals surface area contributed by atoms with Crippen LogP contribution in [0.4, 0.5) is 0 Å². The fraction of sp³-hybridized carbons (Fsp3) is 0.571. The molecule has 1 aliphatic rings. The van der Waals surface area contributed by atoms with Crippen molar-refractivity contribution in [3.8, 4) is 6.01 Å². The second-order valence-corrected chi connectivity index (χ2v) is 5.29. The van der Waals surface area contributed by atoms with E-state index >= 15 is 0 Å². The van der Waals surface area contributed by atoms with Crippen molar-refractivity contribution in [3.63, 3.8) is 0 Å². The fourth-order valence-electron chi connectivity index (χ4n) is 2.16. The molecule has 2 heterocycles. The molecule has 0 spiro atoms. The van der Waals surface area contributed by atoms with Crippen LogP contribution in [0.15, 0.2) is 12.4 Å².